The van der Waals surface area contributed by atoms with E-state index in [2.05, 4.69) is 0 Å². The van der Waals surface area contributed by atoms with Crippen LogP contribution in [0.25, 0.3) is 23.0 Å². The summed E-state index contributed by atoms with van der Waals surface area (Å²) in [4.78, 5) is 15.8. The first-order valence-electron chi connectivity index (χ1n) is 13.5. The van der Waals surface area contributed by atoms with Crippen LogP contribution in [-0.2, 0) is 21.4 Å². The molecule has 7 nitrogen and oxygen atoms in total. The lowest BCUT2D eigenvalue weighted by molar-refractivity contribution is -0.122. The molecular formula is C31H28N4O3S3. The average Bonchev–Trinajstić information content (AvgIpc) is 3.55. The molecule has 0 unspecified atom stereocenters. The summed E-state index contributed by atoms with van der Waals surface area (Å²) in [6.45, 7) is 1.46. The highest BCUT2D eigenvalue weighted by Gasteiger charge is 2.33. The van der Waals surface area contributed by atoms with Crippen molar-refractivity contribution in [2.45, 2.75) is 30.7 Å². The molecule has 0 atom stereocenters. The molecule has 0 radical (unpaired) electrons. The Bertz CT molecular complexity index is 1730. The number of thiocarbonyl (C=S) groups is 1. The molecule has 4 aromatic rings. The Balaban J connectivity index is 1.39. The minimum absolute atomic E-state index is 0.163. The molecule has 0 spiro atoms. The van der Waals surface area contributed by atoms with Crippen LogP contribution in [0.3, 0.4) is 0 Å². The van der Waals surface area contributed by atoms with Crippen molar-refractivity contribution < 1.29 is 13.2 Å². The first-order chi connectivity index (χ1) is 19.9. The third-order valence-electron chi connectivity index (χ3n) is 7.17. The lowest BCUT2D eigenvalue weighted by atomic mass is 10.1. The Hall–Kier alpha value is -3.57. The molecule has 1 amide bonds. The fourth-order valence-electron chi connectivity index (χ4n) is 5.03. The van der Waals surface area contributed by atoms with E-state index in [1.165, 1.54) is 11.8 Å². The number of sulfonamides is 1. The maximum absolute atomic E-state index is 13.4. The molecule has 2 fully saturated rings. The van der Waals surface area contributed by atoms with Gasteiger partial charge in [-0.25, -0.2) is 13.1 Å². The summed E-state index contributed by atoms with van der Waals surface area (Å²) in [5.74, 6) is -0.163. The van der Waals surface area contributed by atoms with Gasteiger partial charge in [0.2, 0.25) is 10.0 Å². The highest BCUT2D eigenvalue weighted by atomic mass is 32.2. The summed E-state index contributed by atoms with van der Waals surface area (Å²) in [7, 11) is -3.62. The monoisotopic (exact) mass is 600 g/mol. The molecule has 2 saturated heterocycles. The van der Waals surface area contributed by atoms with Crippen molar-refractivity contribution in [2.75, 3.05) is 13.1 Å². The number of nitrogens with zero attached hydrogens (tertiary/aromatic N) is 4. The van der Waals surface area contributed by atoms with Crippen LogP contribution in [0.5, 0.6) is 0 Å². The Kier molecular flexibility index (Phi) is 7.90. The Labute approximate surface area is 249 Å². The second-order valence-electron chi connectivity index (χ2n) is 9.96. The molecule has 1 aromatic heterocycles. The van der Waals surface area contributed by atoms with Crippen molar-refractivity contribution >= 4 is 50.3 Å². The molecule has 6 rings (SSSR count). The highest BCUT2D eigenvalue weighted by Crippen LogP contribution is 2.36. The zero-order chi connectivity index (χ0) is 28.4. The van der Waals surface area contributed by atoms with E-state index in [0.29, 0.717) is 45.7 Å². The van der Waals surface area contributed by atoms with Gasteiger partial charge in [-0.05, 0) is 48.7 Å². The number of carbonyl (C=O) groups is 1. The predicted octanol–water partition coefficient (Wildman–Crippen LogP) is 6.12. The minimum atomic E-state index is -3.62. The van der Waals surface area contributed by atoms with Gasteiger partial charge in [-0.15, -0.1) is 0 Å². The van der Waals surface area contributed by atoms with Crippen LogP contribution in [-0.4, -0.2) is 50.7 Å². The second-order valence-corrected chi connectivity index (χ2v) is 13.6. The average molecular weight is 601 g/mol. The fourth-order valence-corrected chi connectivity index (χ4v) is 7.84. The van der Waals surface area contributed by atoms with Crippen molar-refractivity contribution in [2.24, 2.45) is 0 Å². The number of carbonyl (C=O) groups excluding carboxylic acids is 1. The van der Waals surface area contributed by atoms with E-state index in [1.54, 1.807) is 38.2 Å². The zero-order valence-electron chi connectivity index (χ0n) is 22.2. The van der Waals surface area contributed by atoms with Crippen LogP contribution < -0.4 is 0 Å². The normalized spacial score (nSPS) is 17.5. The van der Waals surface area contributed by atoms with Gasteiger partial charge in [0.1, 0.15) is 10.0 Å². The van der Waals surface area contributed by atoms with Crippen LogP contribution in [0.2, 0.25) is 0 Å². The maximum Gasteiger partial charge on any atom is 0.266 e. The van der Waals surface area contributed by atoms with Gasteiger partial charge in [0.15, 0.2) is 0 Å². The number of aromatic nitrogens is 2. The SMILES string of the molecule is O=C1C(=Cc2cn(-c3ccccc3)nc2-c2cccc(S(=O)(=O)N3CCCCC3)c2)SC(=S)N1Cc1ccccc1. The van der Waals surface area contributed by atoms with Crippen molar-refractivity contribution in [1.29, 1.82) is 0 Å². The number of thioether (sulfide) groups is 1. The van der Waals surface area contributed by atoms with E-state index in [0.717, 1.165) is 30.5 Å². The molecule has 0 N–H and O–H groups in total. The van der Waals surface area contributed by atoms with Gasteiger partial charge >= 0.3 is 0 Å². The molecule has 3 aromatic carbocycles. The van der Waals surface area contributed by atoms with Crippen LogP contribution >= 0.6 is 24.0 Å². The van der Waals surface area contributed by atoms with Crippen LogP contribution in [0, 0.1) is 0 Å². The van der Waals surface area contributed by atoms with Crippen molar-refractivity contribution in [3.05, 3.63) is 107 Å². The number of amides is 1. The predicted molar refractivity (Wildman–Crippen MR) is 167 cm³/mol. The largest absolute Gasteiger partial charge is 0.288 e. The zero-order valence-corrected chi connectivity index (χ0v) is 24.7. The smallest absolute Gasteiger partial charge is 0.266 e. The number of benzene rings is 3. The van der Waals surface area contributed by atoms with Crippen molar-refractivity contribution in [1.82, 2.24) is 19.0 Å². The van der Waals surface area contributed by atoms with Gasteiger partial charge in [-0.3, -0.25) is 9.69 Å². The Morgan fingerprint density at radius 1 is 0.902 bits per heavy atom. The number of hydrogen-bond acceptors (Lipinski definition) is 6. The molecule has 0 saturated carbocycles. The van der Waals surface area contributed by atoms with E-state index in [1.807, 2.05) is 72.9 Å². The molecule has 0 bridgehead atoms. The summed E-state index contributed by atoms with van der Waals surface area (Å²) < 4.78 is 30.7. The standard InChI is InChI=1S/C31H28N4O3S3/c36-30-28(40-31(39)34(30)21-23-11-4-1-5-12-23)20-25-22-35(26-14-6-2-7-15-26)32-29(25)24-13-10-16-27(19-24)41(37,38)33-17-8-3-9-18-33/h1-2,4-7,10-16,19-20,22H,3,8-9,17-18,21H2. The number of rotatable bonds is 7. The molecular weight excluding hydrogens is 573 g/mol. The molecule has 2 aliphatic rings. The van der Waals surface area contributed by atoms with Gasteiger partial charge < -0.3 is 0 Å². The van der Waals surface area contributed by atoms with Gasteiger partial charge in [0.25, 0.3) is 5.91 Å². The molecule has 0 aliphatic carbocycles. The lowest BCUT2D eigenvalue weighted by Gasteiger charge is -2.26. The summed E-state index contributed by atoms with van der Waals surface area (Å²) in [6.07, 6.45) is 6.45. The van der Waals surface area contributed by atoms with Crippen molar-refractivity contribution in [3.63, 3.8) is 0 Å². The lowest BCUT2D eigenvalue weighted by Crippen LogP contribution is -2.35. The summed E-state index contributed by atoms with van der Waals surface area (Å²) >= 11 is 6.83. The Morgan fingerprint density at radius 2 is 1.61 bits per heavy atom. The van der Waals surface area contributed by atoms with E-state index in [4.69, 9.17) is 17.3 Å². The Morgan fingerprint density at radius 3 is 2.34 bits per heavy atom. The van der Waals surface area contributed by atoms with Crippen LogP contribution in [0.15, 0.2) is 101 Å². The van der Waals surface area contributed by atoms with E-state index in [9.17, 15) is 13.2 Å². The maximum atomic E-state index is 13.4. The molecule has 41 heavy (non-hydrogen) atoms. The molecule has 208 valence electrons. The number of para-hydroxylation sites is 1. The molecule has 2 aliphatic heterocycles. The van der Waals surface area contributed by atoms with Gasteiger partial charge in [-0.1, -0.05) is 91.1 Å². The summed E-state index contributed by atoms with van der Waals surface area (Å²) in [6, 6.07) is 26.3. The number of piperidine rings is 1. The second kappa shape index (κ2) is 11.7. The van der Waals surface area contributed by atoms with E-state index >= 15 is 0 Å². The van der Waals surface area contributed by atoms with Crippen molar-refractivity contribution in [3.8, 4) is 16.9 Å². The van der Waals surface area contributed by atoms with Crippen LogP contribution in [0.4, 0.5) is 0 Å². The summed E-state index contributed by atoms with van der Waals surface area (Å²) in [5.41, 5.74) is 3.78. The first kappa shape index (κ1) is 27.6. The summed E-state index contributed by atoms with van der Waals surface area (Å²) in [5, 5.41) is 4.86. The van der Waals surface area contributed by atoms with E-state index < -0.39 is 10.0 Å². The third kappa shape index (κ3) is 5.78. The number of hydrogen-bond donors (Lipinski definition) is 0. The quantitative estimate of drug-likeness (QED) is 0.188. The topological polar surface area (TPSA) is 75.5 Å². The first-order valence-corrected chi connectivity index (χ1v) is 16.1. The van der Waals surface area contributed by atoms with Crippen LogP contribution in [0.1, 0.15) is 30.4 Å². The van der Waals surface area contributed by atoms with Gasteiger partial charge in [-0.2, -0.15) is 9.40 Å². The fraction of sp³-hybridized carbons (Fsp3) is 0.194. The minimum Gasteiger partial charge on any atom is -0.288 e. The highest BCUT2D eigenvalue weighted by molar-refractivity contribution is 8.26. The third-order valence-corrected chi connectivity index (χ3v) is 10.4. The molecule has 3 heterocycles. The van der Waals surface area contributed by atoms with Gasteiger partial charge in [0, 0.05) is 30.4 Å². The van der Waals surface area contributed by atoms with E-state index in [-0.39, 0.29) is 10.8 Å². The molecule has 10 heteroatoms. The van der Waals surface area contributed by atoms with Gasteiger partial charge in [0.05, 0.1) is 22.0 Å².